The van der Waals surface area contributed by atoms with Crippen molar-refractivity contribution in [3.8, 4) is 22.3 Å². The monoisotopic (exact) mass is 745 g/mol. The first kappa shape index (κ1) is 35.5. The van der Waals surface area contributed by atoms with Crippen molar-refractivity contribution in [1.29, 1.82) is 0 Å². The zero-order valence-electron chi connectivity index (χ0n) is 34.3. The predicted octanol–water partition coefficient (Wildman–Crippen LogP) is 16.3. The Labute approximate surface area is 341 Å². The van der Waals surface area contributed by atoms with Gasteiger partial charge in [-0.25, -0.2) is 0 Å². The molecule has 57 heavy (non-hydrogen) atoms. The van der Waals surface area contributed by atoms with Crippen LogP contribution in [-0.4, -0.2) is 0 Å². The largest absolute Gasteiger partial charge is 0.310 e. The highest BCUT2D eigenvalue weighted by Gasteiger charge is 2.41. The van der Waals surface area contributed by atoms with Crippen LogP contribution in [0, 0.1) is 11.8 Å². The average molecular weight is 746 g/mol. The Balaban J connectivity index is 1.04. The first-order valence-corrected chi connectivity index (χ1v) is 22.8. The summed E-state index contributed by atoms with van der Waals surface area (Å²) in [6.45, 7) is 4.91. The Kier molecular flexibility index (Phi) is 8.94. The number of benzene rings is 6. The van der Waals surface area contributed by atoms with E-state index >= 15 is 0 Å². The lowest BCUT2D eigenvalue weighted by atomic mass is 9.81. The summed E-state index contributed by atoms with van der Waals surface area (Å²) in [6, 6.07) is 48.2. The van der Waals surface area contributed by atoms with Gasteiger partial charge in [0.1, 0.15) is 0 Å². The normalized spacial score (nSPS) is 22.8. The topological polar surface area (TPSA) is 3.24 Å². The van der Waals surface area contributed by atoms with Gasteiger partial charge < -0.3 is 4.90 Å². The summed E-state index contributed by atoms with van der Waals surface area (Å²) in [7, 11) is 0. The Hall–Kier alpha value is -4.62. The molecule has 2 bridgehead atoms. The van der Waals surface area contributed by atoms with Crippen molar-refractivity contribution in [2.75, 3.05) is 4.90 Å². The molecular weight excluding hydrogens is 687 g/mol. The Morgan fingerprint density at radius 1 is 0.509 bits per heavy atom. The van der Waals surface area contributed by atoms with E-state index in [4.69, 9.17) is 0 Å². The summed E-state index contributed by atoms with van der Waals surface area (Å²) in [5.41, 5.74) is 16.8. The standard InChI is InChI=1S/C56H59N/c1-56(2)52-19-11-18-48(41-24-22-39(23-25-41)38-12-5-3-6-13-38)55(52)49-31-30-47(36-53(49)56)57(46-28-26-42(27-29-46)50-33-37-20-21-45(50)32-37)54-35-44-17-10-9-16-43(44)34-51(54)40-14-7-4-8-15-40/h9-11,16-19,22-31,34-38,40,45,50H,3-8,12-15,20-21,32-33H2,1-2H3. The molecular formula is C56H59N. The van der Waals surface area contributed by atoms with Crippen molar-refractivity contribution < 1.29 is 0 Å². The fourth-order valence-corrected chi connectivity index (χ4v) is 12.7. The van der Waals surface area contributed by atoms with Crippen molar-refractivity contribution in [2.45, 2.75) is 127 Å². The van der Waals surface area contributed by atoms with Gasteiger partial charge in [0.25, 0.3) is 0 Å². The van der Waals surface area contributed by atoms with Gasteiger partial charge in [-0.2, -0.15) is 0 Å². The van der Waals surface area contributed by atoms with Crippen LogP contribution in [0.25, 0.3) is 33.0 Å². The molecule has 11 rings (SSSR count). The maximum atomic E-state index is 2.64. The van der Waals surface area contributed by atoms with E-state index in [1.807, 2.05) is 0 Å². The first-order chi connectivity index (χ1) is 28.0. The smallest absolute Gasteiger partial charge is 0.0502 e. The summed E-state index contributed by atoms with van der Waals surface area (Å²) in [4.78, 5) is 2.64. The highest BCUT2D eigenvalue weighted by atomic mass is 15.1. The minimum Gasteiger partial charge on any atom is -0.310 e. The van der Waals surface area contributed by atoms with Crippen LogP contribution in [0.1, 0.15) is 149 Å². The second-order valence-electron chi connectivity index (χ2n) is 19.3. The molecule has 3 unspecified atom stereocenters. The minimum absolute atomic E-state index is 0.119. The van der Waals surface area contributed by atoms with Crippen molar-refractivity contribution in [1.82, 2.24) is 0 Å². The quantitative estimate of drug-likeness (QED) is 0.157. The highest BCUT2D eigenvalue weighted by molar-refractivity contribution is 5.95. The van der Waals surface area contributed by atoms with Gasteiger partial charge in [0.15, 0.2) is 0 Å². The Morgan fingerprint density at radius 2 is 1.19 bits per heavy atom. The number of hydrogen-bond acceptors (Lipinski definition) is 1. The van der Waals surface area contributed by atoms with E-state index in [-0.39, 0.29) is 5.41 Å². The molecule has 4 fully saturated rings. The molecule has 3 atom stereocenters. The van der Waals surface area contributed by atoms with E-state index in [1.165, 1.54) is 162 Å². The van der Waals surface area contributed by atoms with Gasteiger partial charge in [-0.05, 0) is 172 Å². The molecule has 0 saturated heterocycles. The van der Waals surface area contributed by atoms with E-state index in [0.717, 1.165) is 23.7 Å². The van der Waals surface area contributed by atoms with Crippen LogP contribution in [0.15, 0.2) is 121 Å². The molecule has 5 aliphatic rings. The second kappa shape index (κ2) is 14.3. The molecule has 1 heteroatoms. The molecule has 288 valence electrons. The van der Waals surface area contributed by atoms with Gasteiger partial charge in [-0.3, -0.25) is 0 Å². The van der Waals surface area contributed by atoms with E-state index in [9.17, 15) is 0 Å². The lowest BCUT2D eigenvalue weighted by Crippen LogP contribution is -2.18. The molecule has 0 radical (unpaired) electrons. The molecule has 0 spiro atoms. The predicted molar refractivity (Wildman–Crippen MR) is 241 cm³/mol. The summed E-state index contributed by atoms with van der Waals surface area (Å²) >= 11 is 0. The van der Waals surface area contributed by atoms with Gasteiger partial charge in [0.05, 0.1) is 5.69 Å². The molecule has 4 saturated carbocycles. The molecule has 0 aromatic heterocycles. The third kappa shape index (κ3) is 6.18. The fraction of sp³-hybridized carbons (Fsp3) is 0.393. The van der Waals surface area contributed by atoms with Gasteiger partial charge in [-0.1, -0.05) is 144 Å². The van der Waals surface area contributed by atoms with Crippen LogP contribution in [0.3, 0.4) is 0 Å². The molecule has 6 aromatic rings. The maximum absolute atomic E-state index is 2.64. The van der Waals surface area contributed by atoms with E-state index in [1.54, 1.807) is 5.56 Å². The lowest BCUT2D eigenvalue weighted by molar-refractivity contribution is 0.420. The number of rotatable bonds is 7. The van der Waals surface area contributed by atoms with Crippen LogP contribution in [0.5, 0.6) is 0 Å². The molecule has 1 nitrogen and oxygen atoms in total. The summed E-state index contributed by atoms with van der Waals surface area (Å²) in [6.07, 6.45) is 19.1. The van der Waals surface area contributed by atoms with Gasteiger partial charge in [0.2, 0.25) is 0 Å². The number of hydrogen-bond donors (Lipinski definition) is 0. The number of nitrogens with zero attached hydrogens (tertiary/aromatic N) is 1. The van der Waals surface area contributed by atoms with Crippen LogP contribution in [0.2, 0.25) is 0 Å². The summed E-state index contributed by atoms with van der Waals surface area (Å²) in [5.74, 6) is 3.88. The number of fused-ring (bicyclic) bond motifs is 6. The molecule has 0 amide bonds. The van der Waals surface area contributed by atoms with Gasteiger partial charge >= 0.3 is 0 Å². The van der Waals surface area contributed by atoms with E-state index in [0.29, 0.717) is 5.92 Å². The van der Waals surface area contributed by atoms with Crippen LogP contribution >= 0.6 is 0 Å². The van der Waals surface area contributed by atoms with Crippen LogP contribution in [0.4, 0.5) is 17.1 Å². The Bertz CT molecular complexity index is 2420. The van der Waals surface area contributed by atoms with E-state index < -0.39 is 0 Å². The first-order valence-electron chi connectivity index (χ1n) is 22.8. The van der Waals surface area contributed by atoms with Crippen molar-refractivity contribution >= 4 is 27.8 Å². The zero-order valence-corrected chi connectivity index (χ0v) is 34.3. The summed E-state index contributed by atoms with van der Waals surface area (Å²) in [5, 5.41) is 2.68. The minimum atomic E-state index is -0.119. The van der Waals surface area contributed by atoms with Gasteiger partial charge in [0, 0.05) is 16.8 Å². The lowest BCUT2D eigenvalue weighted by Gasteiger charge is -2.33. The van der Waals surface area contributed by atoms with E-state index in [2.05, 4.69) is 140 Å². The summed E-state index contributed by atoms with van der Waals surface area (Å²) < 4.78 is 0. The molecule has 6 aromatic carbocycles. The third-order valence-corrected chi connectivity index (χ3v) is 15.7. The number of anilines is 3. The average Bonchev–Trinajstić information content (AvgIpc) is 3.97. The van der Waals surface area contributed by atoms with Crippen LogP contribution < -0.4 is 4.90 Å². The third-order valence-electron chi connectivity index (χ3n) is 15.7. The molecule has 0 aliphatic heterocycles. The molecule has 5 aliphatic carbocycles. The van der Waals surface area contributed by atoms with Crippen molar-refractivity contribution in [3.05, 3.63) is 149 Å². The van der Waals surface area contributed by atoms with Crippen molar-refractivity contribution in [2.24, 2.45) is 11.8 Å². The SMILES string of the molecule is CC1(C)c2cc(N(c3ccc(C4CC5CCC4C5)cc3)c3cc4ccccc4cc3C3CCCCC3)ccc2-c2c(-c3ccc(C4CCCCC4)cc3)cccc21. The van der Waals surface area contributed by atoms with Crippen molar-refractivity contribution in [3.63, 3.8) is 0 Å². The highest BCUT2D eigenvalue weighted by Crippen LogP contribution is 2.56. The molecule has 0 heterocycles. The van der Waals surface area contributed by atoms with Crippen LogP contribution in [-0.2, 0) is 5.41 Å². The zero-order chi connectivity index (χ0) is 38.1. The maximum Gasteiger partial charge on any atom is 0.0502 e. The second-order valence-corrected chi connectivity index (χ2v) is 19.3. The molecule has 0 N–H and O–H groups in total. The van der Waals surface area contributed by atoms with Gasteiger partial charge in [-0.15, -0.1) is 0 Å². The fourth-order valence-electron chi connectivity index (χ4n) is 12.7. The Morgan fingerprint density at radius 3 is 1.89 bits per heavy atom.